The van der Waals surface area contributed by atoms with Gasteiger partial charge in [-0.25, -0.2) is 0 Å². The van der Waals surface area contributed by atoms with Gasteiger partial charge in [-0.05, 0) is 23.1 Å². The summed E-state index contributed by atoms with van der Waals surface area (Å²) in [5.74, 6) is -0.0833. The summed E-state index contributed by atoms with van der Waals surface area (Å²) in [4.78, 5) is 13.8. The number of carbonyl (C=O) groups is 1. The van der Waals surface area contributed by atoms with Gasteiger partial charge in [0.05, 0.1) is 13.2 Å². The molecule has 0 fully saturated rings. The third-order valence-corrected chi connectivity index (χ3v) is 3.44. The molecule has 0 radical (unpaired) electrons. The highest BCUT2D eigenvalue weighted by molar-refractivity contribution is 5.85. The lowest BCUT2D eigenvalue weighted by atomic mass is 9.86. The topological polar surface area (TPSA) is 64.8 Å². The van der Waals surface area contributed by atoms with Gasteiger partial charge in [-0.1, -0.05) is 26.8 Å². The van der Waals surface area contributed by atoms with Crippen molar-refractivity contribution < 1.29 is 23.0 Å². The average Bonchev–Trinajstić information content (AvgIpc) is 2.44. The standard InChI is InChI=1S/C16H24F2N2O3.ClH/c1-16(2,3)13(19)14(21)20(4)9-10-6-7-11(22-5)12(8-10)23-15(17)18;/h6-8,13,15H,9,19H2,1-5H3;1H/t13-;/m1./s1. The molecular weight excluding hydrogens is 342 g/mol. The second kappa shape index (κ2) is 9.03. The Morgan fingerprint density at radius 3 is 2.33 bits per heavy atom. The van der Waals surface area contributed by atoms with Crippen LogP contribution in [0.3, 0.4) is 0 Å². The molecule has 138 valence electrons. The minimum atomic E-state index is -2.95. The van der Waals surface area contributed by atoms with Crippen LogP contribution in [0, 0.1) is 5.41 Å². The summed E-state index contributed by atoms with van der Waals surface area (Å²) in [5.41, 5.74) is 6.23. The maximum atomic E-state index is 12.4. The highest BCUT2D eigenvalue weighted by Gasteiger charge is 2.29. The predicted octanol–water partition coefficient (Wildman–Crippen LogP) is 3.05. The first-order chi connectivity index (χ1) is 10.6. The molecule has 0 aliphatic rings. The van der Waals surface area contributed by atoms with Crippen molar-refractivity contribution in [1.29, 1.82) is 0 Å². The minimum Gasteiger partial charge on any atom is -0.493 e. The molecule has 8 heteroatoms. The second-order valence-corrected chi connectivity index (χ2v) is 6.40. The van der Waals surface area contributed by atoms with E-state index in [-0.39, 0.29) is 41.8 Å². The number of likely N-dealkylation sites (N-methyl/N-ethyl adjacent to an activating group) is 1. The smallest absolute Gasteiger partial charge is 0.387 e. The highest BCUT2D eigenvalue weighted by Crippen LogP contribution is 2.30. The van der Waals surface area contributed by atoms with Crippen LogP contribution in [-0.2, 0) is 11.3 Å². The van der Waals surface area contributed by atoms with E-state index in [1.807, 2.05) is 20.8 Å². The zero-order valence-corrected chi connectivity index (χ0v) is 15.3. The molecule has 0 saturated heterocycles. The molecule has 1 aromatic carbocycles. The van der Waals surface area contributed by atoms with Gasteiger partial charge in [-0.15, -0.1) is 12.4 Å². The van der Waals surface area contributed by atoms with Gasteiger partial charge in [-0.2, -0.15) is 8.78 Å². The van der Waals surface area contributed by atoms with Gasteiger partial charge in [0.2, 0.25) is 5.91 Å². The molecule has 2 N–H and O–H groups in total. The molecule has 0 unspecified atom stereocenters. The van der Waals surface area contributed by atoms with Crippen LogP contribution in [0.2, 0.25) is 0 Å². The monoisotopic (exact) mass is 366 g/mol. The van der Waals surface area contributed by atoms with Crippen LogP contribution in [0.15, 0.2) is 18.2 Å². The van der Waals surface area contributed by atoms with Crippen LogP contribution in [0.1, 0.15) is 26.3 Å². The van der Waals surface area contributed by atoms with Crippen molar-refractivity contribution in [3.05, 3.63) is 23.8 Å². The Kier molecular flexibility index (Phi) is 8.43. The SMILES string of the molecule is COc1ccc(CN(C)C(=O)[C@@H](N)C(C)(C)C)cc1OC(F)F.Cl. The fourth-order valence-corrected chi connectivity index (χ4v) is 1.97. The maximum absolute atomic E-state index is 12.4. The summed E-state index contributed by atoms with van der Waals surface area (Å²) < 4.78 is 34.3. The maximum Gasteiger partial charge on any atom is 0.387 e. The van der Waals surface area contributed by atoms with E-state index in [1.165, 1.54) is 24.1 Å². The van der Waals surface area contributed by atoms with Crippen molar-refractivity contribution in [1.82, 2.24) is 4.90 Å². The van der Waals surface area contributed by atoms with Crippen molar-refractivity contribution in [2.45, 2.75) is 40.0 Å². The molecule has 1 atom stereocenters. The normalized spacial score (nSPS) is 12.4. The van der Waals surface area contributed by atoms with E-state index < -0.39 is 12.7 Å². The van der Waals surface area contributed by atoms with Crippen molar-refractivity contribution in [2.75, 3.05) is 14.2 Å². The summed E-state index contributed by atoms with van der Waals surface area (Å²) in [5, 5.41) is 0. The number of ether oxygens (including phenoxy) is 2. The fraction of sp³-hybridized carbons (Fsp3) is 0.562. The summed E-state index contributed by atoms with van der Waals surface area (Å²) in [6, 6.07) is 3.98. The van der Waals surface area contributed by atoms with Gasteiger partial charge in [0, 0.05) is 13.6 Å². The summed E-state index contributed by atoms with van der Waals surface area (Å²) in [6.45, 7) is 2.92. The highest BCUT2D eigenvalue weighted by atomic mass is 35.5. The lowest BCUT2D eigenvalue weighted by Crippen LogP contribution is -2.48. The third kappa shape index (κ3) is 6.13. The molecule has 0 spiro atoms. The Hall–Kier alpha value is -1.60. The van der Waals surface area contributed by atoms with E-state index in [0.29, 0.717) is 5.56 Å². The summed E-state index contributed by atoms with van der Waals surface area (Å²) >= 11 is 0. The molecule has 0 aliphatic heterocycles. The molecule has 1 amide bonds. The number of nitrogens with zero attached hydrogens (tertiary/aromatic N) is 1. The molecule has 0 aromatic heterocycles. The largest absolute Gasteiger partial charge is 0.493 e. The minimum absolute atomic E-state index is 0. The molecule has 0 aliphatic carbocycles. The van der Waals surface area contributed by atoms with Crippen LogP contribution in [0.4, 0.5) is 8.78 Å². The van der Waals surface area contributed by atoms with Gasteiger partial charge >= 0.3 is 6.61 Å². The molecule has 24 heavy (non-hydrogen) atoms. The van der Waals surface area contributed by atoms with Crippen molar-refractivity contribution in [3.8, 4) is 11.5 Å². The Balaban J connectivity index is 0.00000529. The number of halogens is 3. The predicted molar refractivity (Wildman–Crippen MR) is 90.8 cm³/mol. The van der Waals surface area contributed by atoms with Crippen molar-refractivity contribution in [2.24, 2.45) is 11.1 Å². The molecule has 1 aromatic rings. The van der Waals surface area contributed by atoms with Gasteiger partial charge in [0.25, 0.3) is 0 Å². The van der Waals surface area contributed by atoms with E-state index in [2.05, 4.69) is 4.74 Å². The van der Waals surface area contributed by atoms with Crippen LogP contribution < -0.4 is 15.2 Å². The van der Waals surface area contributed by atoms with E-state index in [9.17, 15) is 13.6 Å². The molecule has 0 bridgehead atoms. The second-order valence-electron chi connectivity index (χ2n) is 6.40. The molecule has 0 saturated carbocycles. The molecule has 0 heterocycles. The van der Waals surface area contributed by atoms with Gasteiger partial charge in [0.1, 0.15) is 0 Å². The third-order valence-electron chi connectivity index (χ3n) is 3.44. The van der Waals surface area contributed by atoms with E-state index >= 15 is 0 Å². The van der Waals surface area contributed by atoms with E-state index in [1.54, 1.807) is 13.1 Å². The zero-order chi connectivity index (χ0) is 17.8. The number of alkyl halides is 2. The Morgan fingerprint density at radius 1 is 1.29 bits per heavy atom. The Labute approximate surface area is 147 Å². The number of nitrogens with two attached hydrogens (primary N) is 1. The first-order valence-electron chi connectivity index (χ1n) is 7.18. The Bertz CT molecular complexity index is 551. The quantitative estimate of drug-likeness (QED) is 0.840. The van der Waals surface area contributed by atoms with Crippen molar-refractivity contribution in [3.63, 3.8) is 0 Å². The number of hydrogen-bond donors (Lipinski definition) is 1. The Morgan fingerprint density at radius 2 is 1.88 bits per heavy atom. The number of carbonyl (C=O) groups excluding carboxylic acids is 1. The van der Waals surface area contributed by atoms with E-state index in [4.69, 9.17) is 10.5 Å². The lowest BCUT2D eigenvalue weighted by Gasteiger charge is -2.30. The first-order valence-corrected chi connectivity index (χ1v) is 7.18. The first kappa shape index (κ1) is 22.4. The van der Waals surface area contributed by atoms with Crippen LogP contribution in [0.25, 0.3) is 0 Å². The van der Waals surface area contributed by atoms with Gasteiger partial charge < -0.3 is 20.1 Å². The average molecular weight is 367 g/mol. The van der Waals surface area contributed by atoms with Crippen LogP contribution in [0.5, 0.6) is 11.5 Å². The zero-order valence-electron chi connectivity index (χ0n) is 14.5. The number of benzene rings is 1. The van der Waals surface area contributed by atoms with Gasteiger partial charge in [-0.3, -0.25) is 4.79 Å². The lowest BCUT2D eigenvalue weighted by molar-refractivity contribution is -0.134. The number of amides is 1. The van der Waals surface area contributed by atoms with Crippen LogP contribution >= 0.6 is 12.4 Å². The van der Waals surface area contributed by atoms with Crippen molar-refractivity contribution >= 4 is 18.3 Å². The molecule has 1 rings (SSSR count). The van der Waals surface area contributed by atoms with Gasteiger partial charge in [0.15, 0.2) is 11.5 Å². The number of methoxy groups -OCH3 is 1. The van der Waals surface area contributed by atoms with E-state index in [0.717, 1.165) is 0 Å². The number of hydrogen-bond acceptors (Lipinski definition) is 4. The molecule has 5 nitrogen and oxygen atoms in total. The molecular formula is C16H25ClF2N2O3. The fourth-order valence-electron chi connectivity index (χ4n) is 1.97. The number of rotatable bonds is 6. The summed E-state index contributed by atoms with van der Waals surface area (Å²) in [7, 11) is 2.98. The van der Waals surface area contributed by atoms with Crippen LogP contribution in [-0.4, -0.2) is 37.6 Å². The summed E-state index contributed by atoms with van der Waals surface area (Å²) in [6.07, 6.45) is 0.